The van der Waals surface area contributed by atoms with E-state index in [0.717, 1.165) is 11.4 Å². The Morgan fingerprint density at radius 1 is 0.800 bits per heavy atom. The Kier molecular flexibility index (Phi) is 8.46. The second kappa shape index (κ2) is 10.8. The van der Waals surface area contributed by atoms with Crippen molar-refractivity contribution in [3.05, 3.63) is 60.7 Å². The summed E-state index contributed by atoms with van der Waals surface area (Å²) in [5.74, 6) is -2.40. The Bertz CT molecular complexity index is 741. The van der Waals surface area contributed by atoms with Crippen LogP contribution in [0.2, 0.25) is 0 Å². The van der Waals surface area contributed by atoms with Gasteiger partial charge < -0.3 is 14.4 Å². The number of benzene rings is 2. The maximum Gasteiger partial charge on any atom is 0.320 e. The molecular formula is C25H33NO4. The number of para-hydroxylation sites is 2. The van der Waals surface area contributed by atoms with Crippen LogP contribution in [0.5, 0.6) is 0 Å². The normalized spacial score (nSPS) is 12.3. The van der Waals surface area contributed by atoms with Gasteiger partial charge in [0.15, 0.2) is 5.92 Å². The minimum atomic E-state index is -1.00. The SMILES string of the molecule is CCOC(=O)C(C(=O)OCC)C(CN(c1ccccc1)c1ccccc1)C(C)(C)C. The molecule has 0 saturated carbocycles. The van der Waals surface area contributed by atoms with Gasteiger partial charge in [-0.25, -0.2) is 0 Å². The summed E-state index contributed by atoms with van der Waals surface area (Å²) in [5.41, 5.74) is 1.63. The molecule has 0 bridgehead atoms. The van der Waals surface area contributed by atoms with Crippen molar-refractivity contribution in [1.82, 2.24) is 0 Å². The quantitative estimate of drug-likeness (QED) is 0.418. The first-order chi connectivity index (χ1) is 14.3. The zero-order chi connectivity index (χ0) is 22.1. The van der Waals surface area contributed by atoms with E-state index in [1.165, 1.54) is 0 Å². The van der Waals surface area contributed by atoms with Crippen molar-refractivity contribution >= 4 is 23.3 Å². The molecule has 2 aromatic rings. The van der Waals surface area contributed by atoms with Crippen LogP contribution in [0, 0.1) is 17.3 Å². The third-order valence-electron chi connectivity index (χ3n) is 5.11. The molecule has 5 nitrogen and oxygen atoms in total. The van der Waals surface area contributed by atoms with Gasteiger partial charge in [-0.3, -0.25) is 9.59 Å². The molecule has 1 unspecified atom stereocenters. The third-order valence-corrected chi connectivity index (χ3v) is 5.11. The van der Waals surface area contributed by atoms with Crippen molar-refractivity contribution in [1.29, 1.82) is 0 Å². The van der Waals surface area contributed by atoms with Gasteiger partial charge in [0.25, 0.3) is 0 Å². The summed E-state index contributed by atoms with van der Waals surface area (Å²) in [4.78, 5) is 27.9. The van der Waals surface area contributed by atoms with Gasteiger partial charge in [-0.05, 0) is 43.5 Å². The summed E-state index contributed by atoms with van der Waals surface area (Å²) in [7, 11) is 0. The van der Waals surface area contributed by atoms with Gasteiger partial charge in [-0.1, -0.05) is 57.2 Å². The molecule has 2 rings (SSSR count). The van der Waals surface area contributed by atoms with Crippen LogP contribution in [0.25, 0.3) is 0 Å². The van der Waals surface area contributed by atoms with Crippen molar-refractivity contribution < 1.29 is 19.1 Å². The molecule has 0 aromatic heterocycles. The van der Waals surface area contributed by atoms with Gasteiger partial charge in [0.05, 0.1) is 13.2 Å². The maximum atomic E-state index is 12.9. The highest BCUT2D eigenvalue weighted by molar-refractivity contribution is 5.95. The lowest BCUT2D eigenvalue weighted by Crippen LogP contribution is -2.45. The monoisotopic (exact) mass is 411 g/mol. The first-order valence-electron chi connectivity index (χ1n) is 10.5. The molecule has 162 valence electrons. The topological polar surface area (TPSA) is 55.8 Å². The highest BCUT2D eigenvalue weighted by atomic mass is 16.6. The maximum absolute atomic E-state index is 12.9. The molecule has 0 fully saturated rings. The molecule has 0 N–H and O–H groups in total. The Balaban J connectivity index is 2.51. The molecule has 0 aliphatic rings. The van der Waals surface area contributed by atoms with Crippen LogP contribution in [-0.2, 0) is 19.1 Å². The lowest BCUT2D eigenvalue weighted by molar-refractivity contribution is -0.166. The summed E-state index contributed by atoms with van der Waals surface area (Å²) < 4.78 is 10.6. The molecule has 0 heterocycles. The lowest BCUT2D eigenvalue weighted by Gasteiger charge is -2.39. The molecule has 0 spiro atoms. The van der Waals surface area contributed by atoms with E-state index in [4.69, 9.17) is 9.47 Å². The van der Waals surface area contributed by atoms with Crippen LogP contribution in [0.15, 0.2) is 60.7 Å². The predicted molar refractivity (Wildman–Crippen MR) is 120 cm³/mol. The molecular weight excluding hydrogens is 378 g/mol. The van der Waals surface area contributed by atoms with Gasteiger partial charge in [0.1, 0.15) is 0 Å². The molecule has 2 aromatic carbocycles. The summed E-state index contributed by atoms with van der Waals surface area (Å²) >= 11 is 0. The van der Waals surface area contributed by atoms with E-state index < -0.39 is 17.9 Å². The van der Waals surface area contributed by atoms with Crippen molar-refractivity contribution in [2.24, 2.45) is 17.3 Å². The molecule has 0 aliphatic carbocycles. The third kappa shape index (κ3) is 6.09. The van der Waals surface area contributed by atoms with Crippen LogP contribution >= 0.6 is 0 Å². The van der Waals surface area contributed by atoms with Crippen molar-refractivity contribution in [2.45, 2.75) is 34.6 Å². The number of esters is 2. The molecule has 5 heteroatoms. The fraction of sp³-hybridized carbons (Fsp3) is 0.440. The minimum absolute atomic E-state index is 0.215. The molecule has 30 heavy (non-hydrogen) atoms. The Morgan fingerprint density at radius 2 is 1.20 bits per heavy atom. The van der Waals surface area contributed by atoms with E-state index in [9.17, 15) is 9.59 Å². The standard InChI is InChI=1S/C25H33NO4/c1-6-29-23(27)22(24(28)30-7-2)21(25(3,4)5)18-26(19-14-10-8-11-15-19)20-16-12-9-13-17-20/h8-17,21-22H,6-7,18H2,1-5H3. The Hall–Kier alpha value is -2.82. The average Bonchev–Trinajstić information content (AvgIpc) is 2.71. The molecule has 0 saturated heterocycles. The summed E-state index contributed by atoms with van der Waals surface area (Å²) in [5, 5.41) is 0. The van der Waals surface area contributed by atoms with Crippen LogP contribution in [0.1, 0.15) is 34.6 Å². The number of anilines is 2. The molecule has 0 radical (unpaired) electrons. The summed E-state index contributed by atoms with van der Waals surface area (Å²) in [6.45, 7) is 10.5. The molecule has 0 aliphatic heterocycles. The Labute approximate surface area is 180 Å². The number of carbonyl (C=O) groups is 2. The van der Waals surface area contributed by atoms with Gasteiger partial charge >= 0.3 is 11.9 Å². The Morgan fingerprint density at radius 3 is 1.53 bits per heavy atom. The van der Waals surface area contributed by atoms with Crippen LogP contribution in [-0.4, -0.2) is 31.7 Å². The van der Waals surface area contributed by atoms with E-state index in [1.54, 1.807) is 13.8 Å². The van der Waals surface area contributed by atoms with Crippen molar-refractivity contribution in [3.63, 3.8) is 0 Å². The fourth-order valence-electron chi connectivity index (χ4n) is 3.54. The second-order valence-corrected chi connectivity index (χ2v) is 8.24. The lowest BCUT2D eigenvalue weighted by atomic mass is 9.72. The second-order valence-electron chi connectivity index (χ2n) is 8.24. The number of carbonyl (C=O) groups excluding carboxylic acids is 2. The zero-order valence-electron chi connectivity index (χ0n) is 18.6. The highest BCUT2D eigenvalue weighted by Crippen LogP contribution is 2.38. The number of nitrogens with zero attached hydrogens (tertiary/aromatic N) is 1. The van der Waals surface area contributed by atoms with Gasteiger partial charge in [-0.15, -0.1) is 0 Å². The van der Waals surface area contributed by atoms with Crippen molar-refractivity contribution in [2.75, 3.05) is 24.7 Å². The van der Waals surface area contributed by atoms with Crippen molar-refractivity contribution in [3.8, 4) is 0 Å². The minimum Gasteiger partial charge on any atom is -0.465 e. The van der Waals surface area contributed by atoms with Gasteiger partial charge in [-0.2, -0.15) is 0 Å². The number of rotatable bonds is 9. The largest absolute Gasteiger partial charge is 0.465 e. The average molecular weight is 412 g/mol. The summed E-state index contributed by atoms with van der Waals surface area (Å²) in [6, 6.07) is 19.9. The highest BCUT2D eigenvalue weighted by Gasteiger charge is 2.44. The predicted octanol–water partition coefficient (Wildman–Crippen LogP) is 5.23. The van der Waals surface area contributed by atoms with E-state index in [-0.39, 0.29) is 24.5 Å². The first-order valence-corrected chi connectivity index (χ1v) is 10.5. The van der Waals surface area contributed by atoms with Gasteiger partial charge in [0, 0.05) is 23.8 Å². The van der Waals surface area contributed by atoms with Gasteiger partial charge in [0.2, 0.25) is 0 Å². The first kappa shape index (κ1) is 23.5. The molecule has 1 atom stereocenters. The van der Waals surface area contributed by atoms with Crippen LogP contribution < -0.4 is 4.90 Å². The number of hydrogen-bond donors (Lipinski definition) is 0. The number of hydrogen-bond acceptors (Lipinski definition) is 5. The smallest absolute Gasteiger partial charge is 0.320 e. The van der Waals surface area contributed by atoms with E-state index in [0.29, 0.717) is 6.54 Å². The van der Waals surface area contributed by atoms with Crippen LogP contribution in [0.3, 0.4) is 0 Å². The number of ether oxygens (including phenoxy) is 2. The van der Waals surface area contributed by atoms with E-state index in [1.807, 2.05) is 81.4 Å². The summed E-state index contributed by atoms with van der Waals surface area (Å²) in [6.07, 6.45) is 0. The fourth-order valence-corrected chi connectivity index (χ4v) is 3.54. The molecule has 0 amide bonds. The van der Waals surface area contributed by atoms with E-state index >= 15 is 0 Å². The van der Waals surface area contributed by atoms with Crippen LogP contribution in [0.4, 0.5) is 11.4 Å². The zero-order valence-corrected chi connectivity index (χ0v) is 18.6. The van der Waals surface area contributed by atoms with E-state index in [2.05, 4.69) is 4.90 Å².